The van der Waals surface area contributed by atoms with Crippen LogP contribution in [0.3, 0.4) is 0 Å². The first-order valence-electron chi connectivity index (χ1n) is 36.4. The quantitative estimate of drug-likeness (QED) is 0.119. The minimum atomic E-state index is -4.34. The van der Waals surface area contributed by atoms with E-state index in [1.807, 2.05) is 59.7 Å². The van der Waals surface area contributed by atoms with Crippen LogP contribution in [0.25, 0.3) is 4.85 Å². The molecule has 5 heterocycles. The van der Waals surface area contributed by atoms with E-state index in [4.69, 9.17) is 11.8 Å². The average molecular weight is 1360 g/mol. The molecule has 0 bridgehead atoms. The number of nitriles is 1. The predicted molar refractivity (Wildman–Crippen MR) is 403 cm³/mol. The van der Waals surface area contributed by atoms with E-state index in [9.17, 15) is 30.7 Å². The Bertz CT molecular complexity index is 2410. The highest BCUT2D eigenvalue weighted by molar-refractivity contribution is 5.36. The van der Waals surface area contributed by atoms with Gasteiger partial charge in [-0.3, -0.25) is 15.0 Å². The number of halogens is 7. The van der Waals surface area contributed by atoms with E-state index in [2.05, 4.69) is 188 Å². The molecule has 0 radical (unpaired) electrons. The first-order valence-corrected chi connectivity index (χ1v) is 36.4. The Morgan fingerprint density at radius 3 is 1.11 bits per heavy atom. The highest BCUT2D eigenvalue weighted by atomic mass is 19.4. The number of pyridine rings is 5. The van der Waals surface area contributed by atoms with Crippen LogP contribution in [0.5, 0.6) is 0 Å². The van der Waals surface area contributed by atoms with E-state index in [1.54, 1.807) is 36.7 Å². The summed E-state index contributed by atoms with van der Waals surface area (Å²) in [5.41, 5.74) is 2.67. The van der Waals surface area contributed by atoms with Gasteiger partial charge in [0.2, 0.25) is 0 Å². The molecule has 0 atom stereocenters. The highest BCUT2D eigenvalue weighted by Crippen LogP contribution is 2.32. The van der Waals surface area contributed by atoms with Crippen LogP contribution in [-0.2, 0) is 12.4 Å². The third kappa shape index (κ3) is 61.8. The molecule has 0 saturated heterocycles. The number of hydrogen-bond donors (Lipinski definition) is 0. The van der Waals surface area contributed by atoms with Gasteiger partial charge in [0.05, 0.1) is 22.9 Å². The lowest BCUT2D eigenvalue weighted by Gasteiger charge is -2.24. The Labute approximate surface area is 586 Å². The normalized spacial score (nSPS) is 12.0. The Kier molecular flexibility index (Phi) is 73.2. The second kappa shape index (κ2) is 67.8. The molecular weight excluding hydrogens is 1220 g/mol. The topological polar surface area (TPSA) is 92.6 Å². The van der Waals surface area contributed by atoms with Crippen LogP contribution < -0.4 is 0 Å². The molecule has 2 fully saturated rings. The van der Waals surface area contributed by atoms with Crippen LogP contribution in [0.4, 0.5) is 36.6 Å². The highest BCUT2D eigenvalue weighted by Gasteiger charge is 2.33. The second-order valence-electron chi connectivity index (χ2n) is 26.1. The fraction of sp³-hybridized carbons (Fsp3) is 0.671. The number of rotatable bonds is 7. The van der Waals surface area contributed by atoms with Gasteiger partial charge >= 0.3 is 12.4 Å². The summed E-state index contributed by atoms with van der Waals surface area (Å²) in [7, 11) is 0. The summed E-state index contributed by atoms with van der Waals surface area (Å²) in [5, 5.41) is 8.57. The van der Waals surface area contributed by atoms with E-state index in [-0.39, 0.29) is 23.6 Å². The molecule has 5 aromatic heterocycles. The van der Waals surface area contributed by atoms with Gasteiger partial charge in [0, 0.05) is 41.6 Å². The van der Waals surface area contributed by atoms with Crippen LogP contribution in [-0.4, -0.2) is 24.9 Å². The summed E-state index contributed by atoms with van der Waals surface area (Å²) >= 11 is 0. The van der Waals surface area contributed by atoms with Gasteiger partial charge in [0.15, 0.2) is 0 Å². The molecule has 0 unspecified atom stereocenters. The summed E-state index contributed by atoms with van der Waals surface area (Å²) in [4.78, 5) is 22.8. The smallest absolute Gasteiger partial charge is 0.361 e. The first-order chi connectivity index (χ1) is 45.0. The molecular formula is C82H140F7N7. The van der Waals surface area contributed by atoms with Crippen molar-refractivity contribution in [3.8, 4) is 6.07 Å². The fourth-order valence-corrected chi connectivity index (χ4v) is 7.78. The molecule has 7 nitrogen and oxygen atoms in total. The van der Waals surface area contributed by atoms with Crippen molar-refractivity contribution in [1.82, 2.24) is 24.9 Å². The molecule has 2 saturated carbocycles. The van der Waals surface area contributed by atoms with Crippen molar-refractivity contribution >= 4 is 5.82 Å². The number of alkyl halides is 6. The van der Waals surface area contributed by atoms with Crippen LogP contribution >= 0.6 is 0 Å². The predicted octanol–water partition coefficient (Wildman–Crippen LogP) is 29.6. The lowest BCUT2D eigenvalue weighted by atomic mass is 9.82. The van der Waals surface area contributed by atoms with Gasteiger partial charge in [0.25, 0.3) is 5.82 Å². The average Bonchev–Trinajstić information content (AvgIpc) is 1.21. The minimum absolute atomic E-state index is 0.0160. The van der Waals surface area contributed by atoms with Gasteiger partial charge in [-0.1, -0.05) is 315 Å². The number of hydrogen-bond acceptors (Lipinski definition) is 6. The molecule has 0 spiro atoms. The maximum Gasteiger partial charge on any atom is 0.433 e. The molecule has 2 aliphatic carbocycles. The third-order valence-electron chi connectivity index (χ3n) is 12.6. The fourth-order valence-electron chi connectivity index (χ4n) is 7.78. The van der Waals surface area contributed by atoms with Gasteiger partial charge in [-0.2, -0.15) is 31.6 Å². The standard InChI is InChI=1S/2C9H10F3N.2C9H10N2.C9H18.C8H10FN.C8H16.7C3H8/c1-6(2)8-5-7(3-4-13-8)9(10,11)12;1-6(2)7-4-3-5-8(13-7)9(10,11)12;1-7(2)8-5-4-6-9(10-3)11-8;1-7(2)9-5-8(6-10)3-4-11-9;1-8(2)9-6-4-3-5-7-9;1-6(2)8-7(9)4-3-5-10-8;1-7(2)8-5-3-4-6-8;7*1-3-2/h2*3-6H,1-2H3;4-7H,1-2H3;3-5,7H,1-2H3;8-9H,3-7H2,1-2H3;3-6H,1-2H3;7-8H,3-6H2,1-2H3;7*3H2,1-2H3. The zero-order chi connectivity index (χ0) is 75.8. The van der Waals surface area contributed by atoms with Gasteiger partial charge in [-0.15, -0.1) is 4.98 Å². The van der Waals surface area contributed by atoms with E-state index in [0.29, 0.717) is 40.3 Å². The van der Waals surface area contributed by atoms with Gasteiger partial charge in [-0.05, 0) is 108 Å². The molecule has 0 aliphatic heterocycles. The number of nitrogens with zero attached hydrogens (tertiary/aromatic N) is 7. The Morgan fingerprint density at radius 2 is 0.802 bits per heavy atom. The van der Waals surface area contributed by atoms with Crippen molar-refractivity contribution in [1.29, 1.82) is 5.26 Å². The van der Waals surface area contributed by atoms with Crippen molar-refractivity contribution in [3.05, 3.63) is 154 Å². The molecule has 552 valence electrons. The SMILES string of the molecule is CC(C)C1CCCC1.CC(C)C1CCCCC1.CC(C)c1cc(C#N)ccn1.CC(C)c1cc(C(F)(F)F)ccn1.CC(C)c1cccc(C(F)(F)F)n1.CC(C)c1ncccc1F.CCC.CCC.CCC.CCC.CCC.CCC.CCC.[C-]#[N+]c1cccc(C(C)C)n1. The lowest BCUT2D eigenvalue weighted by molar-refractivity contribution is -0.141. The zero-order valence-electron chi connectivity index (χ0n) is 65.9. The van der Waals surface area contributed by atoms with E-state index >= 15 is 0 Å². The summed E-state index contributed by atoms with van der Waals surface area (Å²) in [5.74, 6) is 5.26. The van der Waals surface area contributed by atoms with Crippen LogP contribution in [0.1, 0.15) is 371 Å². The Balaban J connectivity index is -0.000000184. The molecule has 0 N–H and O–H groups in total. The molecule has 0 aromatic carbocycles. The van der Waals surface area contributed by atoms with Gasteiger partial charge in [0.1, 0.15) is 17.2 Å². The van der Waals surface area contributed by atoms with Crippen molar-refractivity contribution < 1.29 is 30.7 Å². The largest absolute Gasteiger partial charge is 0.433 e. The van der Waals surface area contributed by atoms with E-state index in [0.717, 1.165) is 53.3 Å². The summed E-state index contributed by atoms with van der Waals surface area (Å²) in [6.07, 6.45) is 18.0. The maximum atomic E-state index is 12.8. The monoisotopic (exact) mass is 1360 g/mol. The second-order valence-corrected chi connectivity index (χ2v) is 26.1. The summed E-state index contributed by atoms with van der Waals surface area (Å²) < 4.78 is 85.9. The van der Waals surface area contributed by atoms with E-state index in [1.165, 1.54) is 121 Å². The van der Waals surface area contributed by atoms with Crippen molar-refractivity contribution in [3.63, 3.8) is 0 Å². The minimum Gasteiger partial charge on any atom is -0.361 e. The molecule has 96 heavy (non-hydrogen) atoms. The van der Waals surface area contributed by atoms with Gasteiger partial charge in [-0.25, -0.2) is 9.37 Å². The molecule has 0 amide bonds. The molecule has 2 aliphatic rings. The lowest BCUT2D eigenvalue weighted by Crippen LogP contribution is -2.12. The molecule has 7 rings (SSSR count). The zero-order valence-corrected chi connectivity index (χ0v) is 65.9. The van der Waals surface area contributed by atoms with Crippen molar-refractivity contribution in [2.45, 2.75) is 339 Å². The molecule has 14 heteroatoms. The molecule has 5 aromatic rings. The third-order valence-corrected chi connectivity index (χ3v) is 12.6. The van der Waals surface area contributed by atoms with Crippen LogP contribution in [0.15, 0.2) is 91.4 Å². The number of aromatic nitrogens is 5. The Hall–Kier alpha value is -5.76. The summed E-state index contributed by atoms with van der Waals surface area (Å²) in [6, 6.07) is 20.2. The Morgan fingerprint density at radius 1 is 0.438 bits per heavy atom. The van der Waals surface area contributed by atoms with Crippen molar-refractivity contribution in [2.24, 2.45) is 23.7 Å². The maximum absolute atomic E-state index is 12.8. The van der Waals surface area contributed by atoms with Gasteiger partial charge < -0.3 is 4.85 Å². The first kappa shape index (κ1) is 104. The van der Waals surface area contributed by atoms with Crippen molar-refractivity contribution in [2.75, 3.05) is 0 Å². The van der Waals surface area contributed by atoms with Crippen LogP contribution in [0, 0.1) is 47.4 Å². The summed E-state index contributed by atoms with van der Waals surface area (Å²) in [6.45, 7) is 65.2. The van der Waals surface area contributed by atoms with E-state index < -0.39 is 23.6 Å². The van der Waals surface area contributed by atoms with Crippen LogP contribution in [0.2, 0.25) is 0 Å².